The summed E-state index contributed by atoms with van der Waals surface area (Å²) >= 11 is 0. The minimum atomic E-state index is 0.989. The lowest BCUT2D eigenvalue weighted by molar-refractivity contribution is 0.198. The van der Waals surface area contributed by atoms with Crippen molar-refractivity contribution in [2.45, 2.75) is 46.0 Å². The lowest BCUT2D eigenvalue weighted by Crippen LogP contribution is -2.28. The number of hydrogen-bond acceptors (Lipinski definition) is 1. The van der Waals surface area contributed by atoms with E-state index in [-0.39, 0.29) is 0 Å². The smallest absolute Gasteiger partial charge is 0.000659 e. The van der Waals surface area contributed by atoms with Crippen LogP contribution in [0.4, 0.5) is 0 Å². The van der Waals surface area contributed by atoms with Crippen LogP contribution < -0.4 is 0 Å². The van der Waals surface area contributed by atoms with Crippen LogP contribution in [0.3, 0.4) is 0 Å². The summed E-state index contributed by atoms with van der Waals surface area (Å²) in [6.45, 7) is 7.12. The zero-order chi connectivity index (χ0) is 9.68. The minimum Gasteiger partial charge on any atom is -0.306 e. The molecule has 0 radical (unpaired) electrons. The molecule has 13 heavy (non-hydrogen) atoms. The maximum absolute atomic E-state index is 2.46. The lowest BCUT2D eigenvalue weighted by Gasteiger charge is -2.31. The molecule has 2 atom stereocenters. The van der Waals surface area contributed by atoms with Crippen LogP contribution >= 0.6 is 0 Å². The molecule has 1 aliphatic carbocycles. The van der Waals surface area contributed by atoms with Gasteiger partial charge in [-0.2, -0.15) is 0 Å². The number of hydrogen-bond donors (Lipinski definition) is 0. The van der Waals surface area contributed by atoms with Gasteiger partial charge in [0, 0.05) is 6.54 Å². The molecule has 0 aromatic rings. The van der Waals surface area contributed by atoms with Gasteiger partial charge in [0.2, 0.25) is 0 Å². The van der Waals surface area contributed by atoms with Crippen molar-refractivity contribution >= 4 is 0 Å². The fraction of sp³-hybridized carbons (Fsp3) is 1.00. The fourth-order valence-electron chi connectivity index (χ4n) is 2.51. The van der Waals surface area contributed by atoms with Gasteiger partial charge < -0.3 is 4.90 Å². The molecular weight excluding hydrogens is 158 g/mol. The normalized spacial score (nSPS) is 29.5. The van der Waals surface area contributed by atoms with E-state index in [2.05, 4.69) is 25.8 Å². The van der Waals surface area contributed by atoms with Crippen molar-refractivity contribution in [1.29, 1.82) is 0 Å². The summed E-state index contributed by atoms with van der Waals surface area (Å²) in [5.41, 5.74) is 0. The largest absolute Gasteiger partial charge is 0.306 e. The van der Waals surface area contributed by atoms with Gasteiger partial charge in [0.1, 0.15) is 0 Å². The van der Waals surface area contributed by atoms with E-state index in [0.29, 0.717) is 0 Å². The average molecular weight is 183 g/mol. The van der Waals surface area contributed by atoms with Gasteiger partial charge in [0.25, 0.3) is 0 Å². The number of nitrogens with zero attached hydrogens (tertiary/aromatic N) is 1. The van der Waals surface area contributed by atoms with Gasteiger partial charge >= 0.3 is 0 Å². The first-order valence-corrected chi connectivity index (χ1v) is 5.94. The summed E-state index contributed by atoms with van der Waals surface area (Å²) in [5, 5.41) is 0. The Kier molecular flexibility index (Phi) is 4.79. The van der Waals surface area contributed by atoms with Gasteiger partial charge in [-0.25, -0.2) is 0 Å². The average Bonchev–Trinajstić information content (AvgIpc) is 2.18. The minimum absolute atomic E-state index is 0.989. The topological polar surface area (TPSA) is 3.24 Å². The monoisotopic (exact) mass is 183 g/mol. The van der Waals surface area contributed by atoms with Crippen molar-refractivity contribution in [2.24, 2.45) is 11.8 Å². The Morgan fingerprint density at radius 3 is 2.46 bits per heavy atom. The first-order chi connectivity index (χ1) is 6.26. The van der Waals surface area contributed by atoms with Gasteiger partial charge in [0.05, 0.1) is 0 Å². The van der Waals surface area contributed by atoms with Gasteiger partial charge in [-0.15, -0.1) is 0 Å². The molecule has 0 heterocycles. The molecule has 1 fully saturated rings. The number of rotatable bonds is 4. The molecule has 1 nitrogen and oxygen atoms in total. The molecule has 0 N–H and O–H groups in total. The second-order valence-electron chi connectivity index (χ2n) is 4.66. The molecule has 0 amide bonds. The SMILES string of the molecule is CCC1CCCC(CN(C)CC)C1. The molecule has 0 aliphatic heterocycles. The summed E-state index contributed by atoms with van der Waals surface area (Å²) in [7, 11) is 2.25. The third-order valence-corrected chi connectivity index (χ3v) is 3.58. The summed E-state index contributed by atoms with van der Waals surface area (Å²) in [6.07, 6.45) is 7.32. The predicted octanol–water partition coefficient (Wildman–Crippen LogP) is 3.15. The van der Waals surface area contributed by atoms with Crippen LogP contribution in [0.5, 0.6) is 0 Å². The van der Waals surface area contributed by atoms with E-state index in [0.717, 1.165) is 11.8 Å². The summed E-state index contributed by atoms with van der Waals surface area (Å²) < 4.78 is 0. The second kappa shape index (κ2) is 5.64. The zero-order valence-corrected chi connectivity index (χ0v) is 9.55. The third kappa shape index (κ3) is 3.68. The van der Waals surface area contributed by atoms with E-state index in [1.54, 1.807) is 0 Å². The fourth-order valence-corrected chi connectivity index (χ4v) is 2.51. The lowest BCUT2D eigenvalue weighted by atomic mass is 9.80. The maximum Gasteiger partial charge on any atom is 0.000659 e. The third-order valence-electron chi connectivity index (χ3n) is 3.58. The van der Waals surface area contributed by atoms with Crippen LogP contribution in [-0.4, -0.2) is 25.0 Å². The van der Waals surface area contributed by atoms with Gasteiger partial charge in [0.15, 0.2) is 0 Å². The molecule has 0 bridgehead atoms. The van der Waals surface area contributed by atoms with Crippen LogP contribution in [0.2, 0.25) is 0 Å². The van der Waals surface area contributed by atoms with Crippen LogP contribution in [-0.2, 0) is 0 Å². The quantitative estimate of drug-likeness (QED) is 0.647. The predicted molar refractivity (Wildman–Crippen MR) is 58.9 cm³/mol. The summed E-state index contributed by atoms with van der Waals surface area (Å²) in [5.74, 6) is 2.02. The van der Waals surface area contributed by atoms with E-state index < -0.39 is 0 Å². The van der Waals surface area contributed by atoms with Crippen LogP contribution in [0.25, 0.3) is 0 Å². The molecule has 1 rings (SSSR count). The highest BCUT2D eigenvalue weighted by Crippen LogP contribution is 2.31. The van der Waals surface area contributed by atoms with Gasteiger partial charge in [-0.05, 0) is 38.3 Å². The van der Waals surface area contributed by atoms with Crippen LogP contribution in [0.1, 0.15) is 46.0 Å². The Morgan fingerprint density at radius 1 is 1.15 bits per heavy atom. The highest BCUT2D eigenvalue weighted by Gasteiger charge is 2.21. The Morgan fingerprint density at radius 2 is 1.85 bits per heavy atom. The standard InChI is InChI=1S/C12H25N/c1-4-11-7-6-8-12(9-11)10-13(3)5-2/h11-12H,4-10H2,1-3H3. The van der Waals surface area contributed by atoms with Crippen LogP contribution in [0.15, 0.2) is 0 Å². The molecular formula is C12H25N. The molecule has 1 heteroatoms. The van der Waals surface area contributed by atoms with Crippen molar-refractivity contribution in [3.63, 3.8) is 0 Å². The van der Waals surface area contributed by atoms with E-state index in [9.17, 15) is 0 Å². The molecule has 78 valence electrons. The highest BCUT2D eigenvalue weighted by atomic mass is 15.1. The second-order valence-corrected chi connectivity index (χ2v) is 4.66. The Hall–Kier alpha value is -0.0400. The Labute approximate surface area is 83.5 Å². The van der Waals surface area contributed by atoms with Crippen molar-refractivity contribution in [3.05, 3.63) is 0 Å². The Balaban J connectivity index is 2.25. The van der Waals surface area contributed by atoms with Crippen molar-refractivity contribution in [3.8, 4) is 0 Å². The molecule has 0 aromatic heterocycles. The molecule has 0 spiro atoms. The summed E-state index contributed by atoms with van der Waals surface area (Å²) in [4.78, 5) is 2.46. The first-order valence-electron chi connectivity index (χ1n) is 5.94. The first kappa shape index (κ1) is 11.0. The van der Waals surface area contributed by atoms with E-state index in [1.807, 2.05) is 0 Å². The maximum atomic E-state index is 2.46. The van der Waals surface area contributed by atoms with Crippen molar-refractivity contribution < 1.29 is 0 Å². The molecule has 0 aromatic carbocycles. The Bertz CT molecular complexity index is 131. The summed E-state index contributed by atoms with van der Waals surface area (Å²) in [6, 6.07) is 0. The molecule has 1 saturated carbocycles. The zero-order valence-electron chi connectivity index (χ0n) is 9.55. The highest BCUT2D eigenvalue weighted by molar-refractivity contribution is 4.74. The van der Waals surface area contributed by atoms with E-state index in [4.69, 9.17) is 0 Å². The van der Waals surface area contributed by atoms with Gasteiger partial charge in [-0.1, -0.05) is 33.1 Å². The molecule has 0 saturated heterocycles. The molecule has 1 aliphatic rings. The van der Waals surface area contributed by atoms with Crippen molar-refractivity contribution in [1.82, 2.24) is 4.90 Å². The van der Waals surface area contributed by atoms with Crippen LogP contribution in [0, 0.1) is 11.8 Å². The molecule has 2 unspecified atom stereocenters. The van der Waals surface area contributed by atoms with Crippen molar-refractivity contribution in [2.75, 3.05) is 20.1 Å². The van der Waals surface area contributed by atoms with E-state index >= 15 is 0 Å². The van der Waals surface area contributed by atoms with Gasteiger partial charge in [-0.3, -0.25) is 0 Å². The van der Waals surface area contributed by atoms with E-state index in [1.165, 1.54) is 45.2 Å².